The normalized spacial score (nSPS) is 16.5. The number of aromatic nitrogens is 1. The number of carboxylic acid groups (broad SMARTS) is 1. The molecule has 1 fully saturated rings. The van der Waals surface area contributed by atoms with Crippen LogP contribution in [0, 0.1) is 5.92 Å². The van der Waals surface area contributed by atoms with Gasteiger partial charge in [0, 0.05) is 17.4 Å². The topological polar surface area (TPSA) is 88.5 Å². The molecule has 1 heterocycles. The van der Waals surface area contributed by atoms with Gasteiger partial charge in [-0.1, -0.05) is 44.2 Å². The van der Waals surface area contributed by atoms with E-state index in [1.54, 1.807) is 0 Å². The Hall–Kier alpha value is -2.25. The first-order valence-electron chi connectivity index (χ1n) is 10.6. The van der Waals surface area contributed by atoms with E-state index in [4.69, 9.17) is 4.74 Å². The SMILES string of the molecule is CC(C)CC(NC(Cc1csc(-c2ccccc2)n1)C(=O)O)C(=O)OC1CCCC1. The first-order chi connectivity index (χ1) is 14.4. The molecule has 2 aromatic rings. The molecule has 30 heavy (non-hydrogen) atoms. The van der Waals surface area contributed by atoms with Gasteiger partial charge in [0.05, 0.1) is 5.69 Å². The number of carbonyl (C=O) groups is 2. The Labute approximate surface area is 181 Å². The summed E-state index contributed by atoms with van der Waals surface area (Å²) in [5.74, 6) is -1.10. The number of nitrogens with one attached hydrogen (secondary N) is 1. The first-order valence-corrected chi connectivity index (χ1v) is 11.5. The third-order valence-electron chi connectivity index (χ3n) is 5.26. The highest BCUT2D eigenvalue weighted by atomic mass is 32.1. The van der Waals surface area contributed by atoms with Crippen molar-refractivity contribution in [2.45, 2.75) is 70.6 Å². The monoisotopic (exact) mass is 430 g/mol. The van der Waals surface area contributed by atoms with E-state index < -0.39 is 18.1 Å². The van der Waals surface area contributed by atoms with Crippen molar-refractivity contribution in [3.05, 3.63) is 41.4 Å². The van der Waals surface area contributed by atoms with Crippen molar-refractivity contribution < 1.29 is 19.4 Å². The van der Waals surface area contributed by atoms with Crippen LogP contribution >= 0.6 is 11.3 Å². The summed E-state index contributed by atoms with van der Waals surface area (Å²) >= 11 is 1.49. The smallest absolute Gasteiger partial charge is 0.323 e. The number of benzene rings is 1. The van der Waals surface area contributed by atoms with E-state index in [0.29, 0.717) is 12.1 Å². The number of esters is 1. The van der Waals surface area contributed by atoms with Crippen LogP contribution in [-0.4, -0.2) is 40.2 Å². The highest BCUT2D eigenvalue weighted by Crippen LogP contribution is 2.25. The van der Waals surface area contributed by atoms with Crippen molar-refractivity contribution in [2.24, 2.45) is 5.92 Å². The molecular weight excluding hydrogens is 400 g/mol. The van der Waals surface area contributed by atoms with Crippen LogP contribution in [0.5, 0.6) is 0 Å². The standard InChI is InChI=1S/C23H30N2O4S/c1-15(2)12-20(23(28)29-18-10-6-7-11-18)25-19(22(26)27)13-17-14-30-21(24-17)16-8-4-3-5-9-16/h3-5,8-9,14-15,18-20,25H,6-7,10-13H2,1-2H3,(H,26,27). The summed E-state index contributed by atoms with van der Waals surface area (Å²) in [6.07, 6.45) is 4.64. The molecule has 0 saturated heterocycles. The molecule has 2 N–H and O–H groups in total. The van der Waals surface area contributed by atoms with Gasteiger partial charge in [-0.3, -0.25) is 14.9 Å². The lowest BCUT2D eigenvalue weighted by molar-refractivity contribution is -0.152. The molecule has 1 saturated carbocycles. The lowest BCUT2D eigenvalue weighted by Crippen LogP contribution is -2.49. The number of carboxylic acids is 1. The van der Waals surface area contributed by atoms with E-state index in [-0.39, 0.29) is 24.4 Å². The molecule has 0 aliphatic heterocycles. The predicted molar refractivity (Wildman–Crippen MR) is 117 cm³/mol. The minimum absolute atomic E-state index is 0.0378. The molecule has 1 aliphatic rings. The molecule has 162 valence electrons. The molecule has 1 aromatic heterocycles. The summed E-state index contributed by atoms with van der Waals surface area (Å²) in [4.78, 5) is 29.3. The molecule has 1 aliphatic carbocycles. The fourth-order valence-electron chi connectivity index (χ4n) is 3.74. The molecule has 0 radical (unpaired) electrons. The highest BCUT2D eigenvalue weighted by Gasteiger charge is 2.31. The maximum absolute atomic E-state index is 12.7. The quantitative estimate of drug-likeness (QED) is 0.547. The number of hydrogen-bond acceptors (Lipinski definition) is 6. The maximum atomic E-state index is 12.7. The zero-order valence-electron chi connectivity index (χ0n) is 17.5. The van der Waals surface area contributed by atoms with Gasteiger partial charge in [-0.05, 0) is 38.0 Å². The average Bonchev–Trinajstić information content (AvgIpc) is 3.39. The summed E-state index contributed by atoms with van der Waals surface area (Å²) in [5, 5.41) is 15.6. The van der Waals surface area contributed by atoms with E-state index in [9.17, 15) is 14.7 Å². The molecule has 0 bridgehead atoms. The zero-order valence-corrected chi connectivity index (χ0v) is 18.4. The molecule has 2 atom stereocenters. The second kappa shape index (κ2) is 10.7. The largest absolute Gasteiger partial charge is 0.480 e. The van der Waals surface area contributed by atoms with Crippen LogP contribution in [0.3, 0.4) is 0 Å². The second-order valence-corrected chi connectivity index (χ2v) is 9.16. The van der Waals surface area contributed by atoms with Crippen molar-refractivity contribution in [1.82, 2.24) is 10.3 Å². The second-order valence-electron chi connectivity index (χ2n) is 8.30. The Balaban J connectivity index is 1.68. The van der Waals surface area contributed by atoms with E-state index in [1.807, 2.05) is 49.6 Å². The lowest BCUT2D eigenvalue weighted by atomic mass is 10.0. The van der Waals surface area contributed by atoms with Crippen molar-refractivity contribution >= 4 is 23.3 Å². The number of hydrogen-bond donors (Lipinski definition) is 2. The van der Waals surface area contributed by atoms with Crippen LogP contribution in [0.15, 0.2) is 35.7 Å². The summed E-state index contributed by atoms with van der Waals surface area (Å²) in [7, 11) is 0. The molecule has 3 rings (SSSR count). The molecule has 7 heteroatoms. The fraction of sp³-hybridized carbons (Fsp3) is 0.522. The van der Waals surface area contributed by atoms with Crippen LogP contribution in [0.2, 0.25) is 0 Å². The molecule has 1 aromatic carbocycles. The van der Waals surface area contributed by atoms with Crippen molar-refractivity contribution in [1.29, 1.82) is 0 Å². The first kappa shape index (κ1) is 22.4. The molecule has 0 amide bonds. The Morgan fingerprint density at radius 3 is 2.53 bits per heavy atom. The predicted octanol–water partition coefficient (Wildman–Crippen LogP) is 4.30. The number of aliphatic carboxylic acids is 1. The van der Waals surface area contributed by atoms with Crippen molar-refractivity contribution in [3.8, 4) is 10.6 Å². The summed E-state index contributed by atoms with van der Waals surface area (Å²) in [6, 6.07) is 8.26. The molecule has 6 nitrogen and oxygen atoms in total. The van der Waals surface area contributed by atoms with Gasteiger partial charge in [-0.2, -0.15) is 0 Å². The van der Waals surface area contributed by atoms with Crippen LogP contribution in [-0.2, 0) is 20.7 Å². The van der Waals surface area contributed by atoms with E-state index in [2.05, 4.69) is 10.3 Å². The molecule has 2 unspecified atom stereocenters. The molecule has 0 spiro atoms. The number of thiazole rings is 1. The Kier molecular flexibility index (Phi) is 7.99. The van der Waals surface area contributed by atoms with Crippen LogP contribution < -0.4 is 5.32 Å². The summed E-state index contributed by atoms with van der Waals surface area (Å²) in [6.45, 7) is 4.03. The number of nitrogens with zero attached hydrogens (tertiary/aromatic N) is 1. The van der Waals surface area contributed by atoms with Crippen LogP contribution in [0.25, 0.3) is 10.6 Å². The van der Waals surface area contributed by atoms with Crippen LogP contribution in [0.4, 0.5) is 0 Å². The van der Waals surface area contributed by atoms with Gasteiger partial charge in [-0.15, -0.1) is 11.3 Å². The van der Waals surface area contributed by atoms with Gasteiger partial charge in [0.2, 0.25) is 0 Å². The van der Waals surface area contributed by atoms with Crippen molar-refractivity contribution in [3.63, 3.8) is 0 Å². The highest BCUT2D eigenvalue weighted by molar-refractivity contribution is 7.13. The van der Waals surface area contributed by atoms with Gasteiger partial charge in [-0.25, -0.2) is 4.98 Å². The number of ether oxygens (including phenoxy) is 1. The maximum Gasteiger partial charge on any atom is 0.323 e. The Morgan fingerprint density at radius 2 is 1.90 bits per heavy atom. The van der Waals surface area contributed by atoms with Gasteiger partial charge in [0.15, 0.2) is 0 Å². The van der Waals surface area contributed by atoms with Gasteiger partial charge in [0.1, 0.15) is 23.2 Å². The number of carbonyl (C=O) groups excluding carboxylic acids is 1. The van der Waals surface area contributed by atoms with Crippen LogP contribution in [0.1, 0.15) is 51.6 Å². The third kappa shape index (κ3) is 6.37. The summed E-state index contributed by atoms with van der Waals surface area (Å²) < 4.78 is 5.66. The summed E-state index contributed by atoms with van der Waals surface area (Å²) in [5.41, 5.74) is 1.71. The Morgan fingerprint density at radius 1 is 1.20 bits per heavy atom. The van der Waals surface area contributed by atoms with E-state index in [1.165, 1.54) is 11.3 Å². The van der Waals surface area contributed by atoms with Gasteiger partial charge >= 0.3 is 11.9 Å². The fourth-order valence-corrected chi connectivity index (χ4v) is 4.58. The average molecular weight is 431 g/mol. The minimum atomic E-state index is -0.994. The zero-order chi connectivity index (χ0) is 21.5. The van der Waals surface area contributed by atoms with Gasteiger partial charge < -0.3 is 9.84 Å². The third-order valence-corrected chi connectivity index (χ3v) is 6.20. The van der Waals surface area contributed by atoms with E-state index in [0.717, 1.165) is 36.3 Å². The van der Waals surface area contributed by atoms with Gasteiger partial charge in [0.25, 0.3) is 0 Å². The molecular formula is C23H30N2O4S. The lowest BCUT2D eigenvalue weighted by Gasteiger charge is -2.24. The minimum Gasteiger partial charge on any atom is -0.480 e. The van der Waals surface area contributed by atoms with Crippen molar-refractivity contribution in [2.75, 3.05) is 0 Å². The van der Waals surface area contributed by atoms with E-state index >= 15 is 0 Å². The Bertz CT molecular complexity index is 831. The number of rotatable bonds is 10.